The first kappa shape index (κ1) is 17.0. The van der Waals surface area contributed by atoms with Gasteiger partial charge in [-0.15, -0.1) is 0 Å². The molecule has 0 aromatic heterocycles. The maximum atomic E-state index is 12.4. The second-order valence-corrected chi connectivity index (χ2v) is 5.85. The smallest absolute Gasteiger partial charge is 0.269 e. The zero-order chi connectivity index (χ0) is 17.1. The van der Waals surface area contributed by atoms with E-state index in [1.165, 1.54) is 18.2 Å². The molecule has 0 saturated heterocycles. The lowest BCUT2D eigenvalue weighted by atomic mass is 9.82. The van der Waals surface area contributed by atoms with Crippen molar-refractivity contribution in [2.45, 2.75) is 19.8 Å². The van der Waals surface area contributed by atoms with Gasteiger partial charge in [0.2, 0.25) is 5.91 Å². The van der Waals surface area contributed by atoms with Crippen LogP contribution in [0.1, 0.15) is 18.4 Å². The average Bonchev–Trinajstić information content (AvgIpc) is 2.48. The Labute approximate surface area is 137 Å². The number of hydrogen-bond acceptors (Lipinski definition) is 5. The van der Waals surface area contributed by atoms with Gasteiger partial charge in [-0.05, 0) is 31.4 Å². The molecule has 7 nitrogen and oxygen atoms in total. The number of allylic oxidation sites excluding steroid dienone is 2. The Balaban J connectivity index is 2.19. The van der Waals surface area contributed by atoms with Gasteiger partial charge in [0.25, 0.3) is 5.69 Å². The minimum absolute atomic E-state index is 0.0863. The number of nitro groups is 1. The molecule has 1 aromatic rings. The van der Waals surface area contributed by atoms with Gasteiger partial charge < -0.3 is 15.2 Å². The lowest BCUT2D eigenvalue weighted by molar-refractivity contribution is -0.384. The molecule has 8 heteroatoms. The number of rotatable bonds is 4. The lowest BCUT2D eigenvalue weighted by Gasteiger charge is -2.29. The van der Waals surface area contributed by atoms with Crippen molar-refractivity contribution in [3.63, 3.8) is 0 Å². The molecule has 1 aliphatic carbocycles. The van der Waals surface area contributed by atoms with E-state index in [2.05, 4.69) is 5.32 Å². The van der Waals surface area contributed by atoms with Gasteiger partial charge >= 0.3 is 0 Å². The highest BCUT2D eigenvalue weighted by molar-refractivity contribution is 6.29. The van der Waals surface area contributed by atoms with E-state index in [4.69, 9.17) is 11.6 Å². The van der Waals surface area contributed by atoms with Crippen molar-refractivity contribution in [2.24, 2.45) is 11.8 Å². The third-order valence-corrected chi connectivity index (χ3v) is 4.12. The number of nitrogens with zero attached hydrogens (tertiary/aromatic N) is 1. The summed E-state index contributed by atoms with van der Waals surface area (Å²) in [5, 5.41) is 24.9. The molecule has 1 aromatic carbocycles. The summed E-state index contributed by atoms with van der Waals surface area (Å²) in [6.45, 7) is 1.62. The number of hydrogen-bond donors (Lipinski definition) is 1. The second kappa shape index (κ2) is 6.78. The maximum Gasteiger partial charge on any atom is 0.269 e. The molecule has 2 rings (SSSR count). The van der Waals surface area contributed by atoms with E-state index in [-0.39, 0.29) is 18.5 Å². The van der Waals surface area contributed by atoms with Crippen LogP contribution in [0, 0.1) is 28.9 Å². The number of carboxylic acid groups (broad SMARTS) is 1. The van der Waals surface area contributed by atoms with E-state index in [0.29, 0.717) is 16.3 Å². The predicted molar refractivity (Wildman–Crippen MR) is 81.6 cm³/mol. The minimum Gasteiger partial charge on any atom is -0.550 e. The van der Waals surface area contributed by atoms with Crippen LogP contribution in [0.15, 0.2) is 29.3 Å². The number of anilines is 1. The van der Waals surface area contributed by atoms with Gasteiger partial charge in [0, 0.05) is 34.7 Å². The summed E-state index contributed by atoms with van der Waals surface area (Å²) < 4.78 is 0. The lowest BCUT2D eigenvalue weighted by Crippen LogP contribution is -2.42. The second-order valence-electron chi connectivity index (χ2n) is 5.37. The van der Waals surface area contributed by atoms with Crippen molar-refractivity contribution in [3.8, 4) is 0 Å². The molecule has 0 bridgehead atoms. The summed E-state index contributed by atoms with van der Waals surface area (Å²) in [6, 6.07) is 4.02. The summed E-state index contributed by atoms with van der Waals surface area (Å²) in [7, 11) is 0. The first-order valence-electron chi connectivity index (χ1n) is 6.91. The molecule has 0 spiro atoms. The Bertz CT molecular complexity index is 701. The van der Waals surface area contributed by atoms with Crippen LogP contribution < -0.4 is 10.4 Å². The fourth-order valence-electron chi connectivity index (χ4n) is 2.52. The van der Waals surface area contributed by atoms with Gasteiger partial charge in [0.15, 0.2) is 0 Å². The maximum absolute atomic E-state index is 12.4. The van der Waals surface area contributed by atoms with Gasteiger partial charge in [-0.2, -0.15) is 0 Å². The van der Waals surface area contributed by atoms with Crippen molar-refractivity contribution < 1.29 is 19.6 Å². The molecule has 0 heterocycles. The van der Waals surface area contributed by atoms with Gasteiger partial charge in [0.05, 0.1) is 10.8 Å². The van der Waals surface area contributed by atoms with Crippen LogP contribution in [0.2, 0.25) is 0 Å². The fraction of sp³-hybridized carbons (Fsp3) is 0.333. The first-order chi connectivity index (χ1) is 10.8. The molecular formula is C15H14ClN2O5-. The summed E-state index contributed by atoms with van der Waals surface area (Å²) in [5.74, 6) is -3.59. The van der Waals surface area contributed by atoms with Crippen LogP contribution in [0.5, 0.6) is 0 Å². The van der Waals surface area contributed by atoms with E-state index < -0.39 is 28.6 Å². The Hall–Kier alpha value is -2.41. The number of amides is 1. The van der Waals surface area contributed by atoms with E-state index in [1.807, 2.05) is 0 Å². The summed E-state index contributed by atoms with van der Waals surface area (Å²) in [6.07, 6.45) is 1.83. The van der Waals surface area contributed by atoms with Gasteiger partial charge in [-0.1, -0.05) is 17.7 Å². The van der Waals surface area contributed by atoms with Crippen LogP contribution in [0.4, 0.5) is 11.4 Å². The Morgan fingerprint density at radius 2 is 2.04 bits per heavy atom. The summed E-state index contributed by atoms with van der Waals surface area (Å²) >= 11 is 5.91. The van der Waals surface area contributed by atoms with Crippen LogP contribution in [0.3, 0.4) is 0 Å². The number of carbonyl (C=O) groups is 2. The zero-order valence-corrected chi connectivity index (χ0v) is 13.0. The Morgan fingerprint density at radius 3 is 2.61 bits per heavy atom. The van der Waals surface area contributed by atoms with Crippen molar-refractivity contribution in [3.05, 3.63) is 45.0 Å². The quantitative estimate of drug-likeness (QED) is 0.664. The number of nitrogens with one attached hydrogen (secondary N) is 1. The molecule has 1 amide bonds. The standard InChI is InChI=1S/C15H15ClN2O5/c1-8-6-10(18(22)23)3-5-13(8)17-14(19)12-7-9(16)2-4-11(12)15(20)21/h2-3,5-6,11-12H,4,7H2,1H3,(H,17,19)(H,20,21)/p-1/t11-,12+/m0/s1. The molecule has 0 unspecified atom stereocenters. The first-order valence-corrected chi connectivity index (χ1v) is 7.28. The molecule has 1 N–H and O–H groups in total. The van der Waals surface area contributed by atoms with Gasteiger partial charge in [0.1, 0.15) is 0 Å². The van der Waals surface area contributed by atoms with Crippen LogP contribution in [-0.2, 0) is 9.59 Å². The van der Waals surface area contributed by atoms with Crippen molar-refractivity contribution in [2.75, 3.05) is 5.32 Å². The number of aryl methyl sites for hydroxylation is 1. The van der Waals surface area contributed by atoms with Crippen LogP contribution in [0.25, 0.3) is 0 Å². The molecule has 0 aliphatic heterocycles. The molecule has 0 fully saturated rings. The van der Waals surface area contributed by atoms with Crippen molar-refractivity contribution >= 4 is 34.9 Å². The normalized spacial score (nSPS) is 20.5. The third kappa shape index (κ3) is 3.87. The van der Waals surface area contributed by atoms with Crippen LogP contribution >= 0.6 is 11.6 Å². The highest BCUT2D eigenvalue weighted by Gasteiger charge is 2.32. The third-order valence-electron chi connectivity index (χ3n) is 3.81. The SMILES string of the molecule is Cc1cc([N+](=O)[O-])ccc1NC(=O)[C@@H]1CC(Cl)=CC[C@@H]1C(=O)[O-]. The van der Waals surface area contributed by atoms with Crippen molar-refractivity contribution in [1.29, 1.82) is 0 Å². The molecule has 2 atom stereocenters. The van der Waals surface area contributed by atoms with Gasteiger partial charge in [-0.25, -0.2) is 0 Å². The number of nitro benzene ring substituents is 1. The zero-order valence-electron chi connectivity index (χ0n) is 12.2. The Morgan fingerprint density at radius 1 is 1.35 bits per heavy atom. The number of non-ortho nitro benzene ring substituents is 1. The van der Waals surface area contributed by atoms with Crippen molar-refractivity contribution in [1.82, 2.24) is 0 Å². The Kier molecular flexibility index (Phi) is 5.00. The molecule has 0 radical (unpaired) electrons. The molecule has 0 saturated carbocycles. The van der Waals surface area contributed by atoms with Gasteiger partial charge in [-0.3, -0.25) is 14.9 Å². The number of halogens is 1. The van der Waals surface area contributed by atoms with E-state index >= 15 is 0 Å². The number of benzene rings is 1. The fourth-order valence-corrected chi connectivity index (χ4v) is 2.77. The minimum atomic E-state index is -1.30. The number of aliphatic carboxylic acids is 1. The molecule has 122 valence electrons. The largest absolute Gasteiger partial charge is 0.550 e. The summed E-state index contributed by atoms with van der Waals surface area (Å²) in [4.78, 5) is 33.7. The highest BCUT2D eigenvalue weighted by Crippen LogP contribution is 2.33. The van der Waals surface area contributed by atoms with Crippen LogP contribution in [-0.4, -0.2) is 16.8 Å². The number of carboxylic acids is 1. The monoisotopic (exact) mass is 337 g/mol. The van der Waals surface area contributed by atoms with E-state index in [0.717, 1.165) is 0 Å². The predicted octanol–water partition coefficient (Wildman–Crippen LogP) is 1.74. The highest BCUT2D eigenvalue weighted by atomic mass is 35.5. The molecule has 23 heavy (non-hydrogen) atoms. The molecule has 1 aliphatic rings. The topological polar surface area (TPSA) is 112 Å². The van der Waals surface area contributed by atoms with E-state index in [9.17, 15) is 24.8 Å². The molecular weight excluding hydrogens is 324 g/mol. The average molecular weight is 338 g/mol. The number of carbonyl (C=O) groups excluding carboxylic acids is 2. The van der Waals surface area contributed by atoms with E-state index in [1.54, 1.807) is 13.0 Å². The summed E-state index contributed by atoms with van der Waals surface area (Å²) in [5.41, 5.74) is 0.815.